The van der Waals surface area contributed by atoms with Gasteiger partial charge in [0.15, 0.2) is 11.5 Å². The zero-order valence-corrected chi connectivity index (χ0v) is 15.2. The van der Waals surface area contributed by atoms with E-state index >= 15 is 0 Å². The molecule has 0 spiro atoms. The first-order valence-electron chi connectivity index (χ1n) is 8.56. The minimum absolute atomic E-state index is 0.349. The number of carbonyl (C=O) groups excluding carboxylic acids is 1. The van der Waals surface area contributed by atoms with E-state index in [1.807, 2.05) is 55.5 Å². The fourth-order valence-electron chi connectivity index (χ4n) is 2.31. The van der Waals surface area contributed by atoms with Gasteiger partial charge in [-0.2, -0.15) is 0 Å². The second-order valence-electron chi connectivity index (χ2n) is 5.65. The average Bonchev–Trinajstić information content (AvgIpc) is 2.66. The van der Waals surface area contributed by atoms with Crippen LogP contribution in [0.2, 0.25) is 0 Å². The van der Waals surface area contributed by atoms with Crippen molar-refractivity contribution in [1.29, 1.82) is 0 Å². The summed E-state index contributed by atoms with van der Waals surface area (Å²) < 4.78 is 16.4. The zero-order chi connectivity index (χ0) is 18.8. The minimum atomic E-state index is -0.349. The predicted octanol–water partition coefficient (Wildman–Crippen LogP) is 5.18. The van der Waals surface area contributed by atoms with Crippen molar-refractivity contribution in [3.63, 3.8) is 0 Å². The van der Waals surface area contributed by atoms with E-state index in [4.69, 9.17) is 14.2 Å². The lowest BCUT2D eigenvalue weighted by molar-refractivity contribution is -0.137. The standard InChI is InChI=1S/C22H24O4/c1-4-7-17-10-12-20(21(16-17)24-3)26-19-9-6-8-18(15-19)11-13-22(23)25-14-5-2/h4,6,8-13,15-16H,1,5,7,14H2,2-3H3/b13-11+. The first kappa shape index (κ1) is 19.3. The molecule has 0 aliphatic heterocycles. The molecule has 0 saturated carbocycles. The Hall–Kier alpha value is -3.01. The first-order chi connectivity index (χ1) is 12.7. The highest BCUT2D eigenvalue weighted by molar-refractivity contribution is 5.87. The first-order valence-corrected chi connectivity index (χ1v) is 8.56. The Bertz CT molecular complexity index is 777. The molecule has 2 aromatic rings. The summed E-state index contributed by atoms with van der Waals surface area (Å²) in [5, 5.41) is 0. The van der Waals surface area contributed by atoms with Crippen LogP contribution in [0.1, 0.15) is 24.5 Å². The van der Waals surface area contributed by atoms with Gasteiger partial charge in [0.25, 0.3) is 0 Å². The SMILES string of the molecule is C=CCc1ccc(Oc2cccc(/C=C/C(=O)OCCC)c2)c(OC)c1. The van der Waals surface area contributed by atoms with Crippen LogP contribution in [0, 0.1) is 0 Å². The molecule has 0 fully saturated rings. The second-order valence-corrected chi connectivity index (χ2v) is 5.65. The van der Waals surface area contributed by atoms with Crippen molar-refractivity contribution in [3.05, 3.63) is 72.3 Å². The molecule has 0 saturated heterocycles. The average molecular weight is 352 g/mol. The molecule has 0 amide bonds. The van der Waals surface area contributed by atoms with Crippen LogP contribution in [0.15, 0.2) is 61.2 Å². The lowest BCUT2D eigenvalue weighted by Gasteiger charge is -2.12. The lowest BCUT2D eigenvalue weighted by atomic mass is 10.1. The van der Waals surface area contributed by atoms with Gasteiger partial charge >= 0.3 is 5.97 Å². The number of esters is 1. The van der Waals surface area contributed by atoms with Gasteiger partial charge in [0.2, 0.25) is 0 Å². The van der Waals surface area contributed by atoms with E-state index in [2.05, 4.69) is 6.58 Å². The van der Waals surface area contributed by atoms with Crippen LogP contribution in [0.5, 0.6) is 17.2 Å². The van der Waals surface area contributed by atoms with E-state index in [0.29, 0.717) is 23.9 Å². The highest BCUT2D eigenvalue weighted by Crippen LogP contribution is 2.32. The third kappa shape index (κ3) is 5.81. The molecule has 136 valence electrons. The van der Waals surface area contributed by atoms with E-state index < -0.39 is 0 Å². The molecule has 0 N–H and O–H groups in total. The highest BCUT2D eigenvalue weighted by Gasteiger charge is 2.07. The molecular weight excluding hydrogens is 328 g/mol. The zero-order valence-electron chi connectivity index (χ0n) is 15.2. The molecule has 0 bridgehead atoms. The minimum Gasteiger partial charge on any atom is -0.493 e. The van der Waals surface area contributed by atoms with E-state index in [0.717, 1.165) is 24.0 Å². The van der Waals surface area contributed by atoms with E-state index in [-0.39, 0.29) is 5.97 Å². The van der Waals surface area contributed by atoms with Gasteiger partial charge in [0.05, 0.1) is 13.7 Å². The van der Waals surface area contributed by atoms with Crippen LogP contribution in [0.25, 0.3) is 6.08 Å². The maximum absolute atomic E-state index is 11.6. The summed E-state index contributed by atoms with van der Waals surface area (Å²) in [4.78, 5) is 11.6. The summed E-state index contributed by atoms with van der Waals surface area (Å²) >= 11 is 0. The maximum atomic E-state index is 11.6. The fourth-order valence-corrected chi connectivity index (χ4v) is 2.31. The Morgan fingerprint density at radius 2 is 2.00 bits per heavy atom. The summed E-state index contributed by atoms with van der Waals surface area (Å²) in [7, 11) is 1.61. The number of methoxy groups -OCH3 is 1. The molecule has 0 heterocycles. The summed E-state index contributed by atoms with van der Waals surface area (Å²) in [6.45, 7) is 6.13. The molecular formula is C22H24O4. The van der Waals surface area contributed by atoms with Gasteiger partial charge in [0.1, 0.15) is 5.75 Å². The van der Waals surface area contributed by atoms with Crippen molar-refractivity contribution >= 4 is 12.0 Å². The van der Waals surface area contributed by atoms with Gasteiger partial charge in [-0.05, 0) is 54.3 Å². The number of hydrogen-bond donors (Lipinski definition) is 0. The van der Waals surface area contributed by atoms with Crippen LogP contribution in [0.4, 0.5) is 0 Å². The Balaban J connectivity index is 2.12. The van der Waals surface area contributed by atoms with Crippen molar-refractivity contribution < 1.29 is 19.0 Å². The molecule has 26 heavy (non-hydrogen) atoms. The van der Waals surface area contributed by atoms with Crippen LogP contribution in [0.3, 0.4) is 0 Å². The molecule has 0 aromatic heterocycles. The smallest absolute Gasteiger partial charge is 0.330 e. The number of allylic oxidation sites excluding steroid dienone is 1. The maximum Gasteiger partial charge on any atom is 0.330 e. The summed E-state index contributed by atoms with van der Waals surface area (Å²) in [6, 6.07) is 13.2. The lowest BCUT2D eigenvalue weighted by Crippen LogP contribution is -2.00. The molecule has 0 atom stereocenters. The van der Waals surface area contributed by atoms with Gasteiger partial charge in [-0.15, -0.1) is 6.58 Å². The number of carbonyl (C=O) groups is 1. The number of rotatable bonds is 9. The van der Waals surface area contributed by atoms with Crippen molar-refractivity contribution in [1.82, 2.24) is 0 Å². The normalized spacial score (nSPS) is 10.5. The van der Waals surface area contributed by atoms with Crippen molar-refractivity contribution in [2.24, 2.45) is 0 Å². The quantitative estimate of drug-likeness (QED) is 0.354. The number of ether oxygens (including phenoxy) is 3. The fraction of sp³-hybridized carbons (Fsp3) is 0.227. The van der Waals surface area contributed by atoms with E-state index in [1.54, 1.807) is 13.2 Å². The Labute approximate surface area is 154 Å². The van der Waals surface area contributed by atoms with Gasteiger partial charge in [-0.3, -0.25) is 0 Å². The van der Waals surface area contributed by atoms with E-state index in [1.165, 1.54) is 6.08 Å². The third-order valence-corrected chi connectivity index (χ3v) is 3.55. The number of benzene rings is 2. The van der Waals surface area contributed by atoms with Crippen molar-refractivity contribution in [3.8, 4) is 17.2 Å². The third-order valence-electron chi connectivity index (χ3n) is 3.55. The van der Waals surface area contributed by atoms with Crippen molar-refractivity contribution in [2.45, 2.75) is 19.8 Å². The van der Waals surface area contributed by atoms with Crippen LogP contribution in [-0.2, 0) is 16.0 Å². The summed E-state index contributed by atoms with van der Waals surface area (Å²) in [6.07, 6.45) is 6.53. The van der Waals surface area contributed by atoms with Gasteiger partial charge < -0.3 is 14.2 Å². The summed E-state index contributed by atoms with van der Waals surface area (Å²) in [5.41, 5.74) is 1.95. The molecule has 2 rings (SSSR count). The largest absolute Gasteiger partial charge is 0.493 e. The van der Waals surface area contributed by atoms with Crippen LogP contribution in [-0.4, -0.2) is 19.7 Å². The van der Waals surface area contributed by atoms with Gasteiger partial charge in [-0.1, -0.05) is 31.2 Å². The Morgan fingerprint density at radius 1 is 1.15 bits per heavy atom. The summed E-state index contributed by atoms with van der Waals surface area (Å²) in [5.74, 6) is 1.60. The molecule has 0 unspecified atom stereocenters. The Morgan fingerprint density at radius 3 is 2.73 bits per heavy atom. The van der Waals surface area contributed by atoms with E-state index in [9.17, 15) is 4.79 Å². The van der Waals surface area contributed by atoms with Crippen LogP contribution < -0.4 is 9.47 Å². The molecule has 4 nitrogen and oxygen atoms in total. The second kappa shape index (κ2) is 10.1. The molecule has 2 aromatic carbocycles. The van der Waals surface area contributed by atoms with Gasteiger partial charge in [0, 0.05) is 6.08 Å². The highest BCUT2D eigenvalue weighted by atomic mass is 16.5. The number of hydrogen-bond acceptors (Lipinski definition) is 4. The molecule has 0 aliphatic rings. The Kier molecular flexibility index (Phi) is 7.49. The predicted molar refractivity (Wildman–Crippen MR) is 104 cm³/mol. The monoisotopic (exact) mass is 352 g/mol. The van der Waals surface area contributed by atoms with Gasteiger partial charge in [-0.25, -0.2) is 4.79 Å². The molecule has 4 heteroatoms. The molecule has 0 aliphatic carbocycles. The topological polar surface area (TPSA) is 44.8 Å². The molecule has 0 radical (unpaired) electrons. The van der Waals surface area contributed by atoms with Crippen LogP contribution >= 0.6 is 0 Å². The van der Waals surface area contributed by atoms with Crippen molar-refractivity contribution in [2.75, 3.05) is 13.7 Å².